The molecular formula is C18H24O2. The van der Waals surface area contributed by atoms with E-state index in [-0.39, 0.29) is 5.97 Å². The lowest BCUT2D eigenvalue weighted by molar-refractivity contribution is -0.137. The summed E-state index contributed by atoms with van der Waals surface area (Å²) >= 11 is 0. The molecule has 0 amide bonds. The second-order valence-corrected chi connectivity index (χ2v) is 4.92. The maximum Gasteiger partial charge on any atom is 0.330 e. The number of allylic oxidation sites excluding steroid dienone is 9. The molecule has 0 N–H and O–H groups in total. The summed E-state index contributed by atoms with van der Waals surface area (Å²) in [5.41, 5.74) is 3.49. The molecule has 2 nitrogen and oxygen atoms in total. The summed E-state index contributed by atoms with van der Waals surface area (Å²) < 4.78 is 4.86. The van der Waals surface area contributed by atoms with Crippen molar-refractivity contribution in [2.45, 2.75) is 40.0 Å². The Labute approximate surface area is 122 Å². The third-order valence-corrected chi connectivity index (χ3v) is 2.93. The zero-order valence-corrected chi connectivity index (χ0v) is 12.7. The fourth-order valence-electron chi connectivity index (χ4n) is 1.97. The molecule has 2 heteroatoms. The van der Waals surface area contributed by atoms with E-state index in [1.165, 1.54) is 30.1 Å². The topological polar surface area (TPSA) is 26.3 Å². The van der Waals surface area contributed by atoms with E-state index in [2.05, 4.69) is 31.2 Å². The van der Waals surface area contributed by atoms with Crippen LogP contribution in [0.15, 0.2) is 59.3 Å². The summed E-state index contributed by atoms with van der Waals surface area (Å²) in [6, 6.07) is 0. The molecule has 0 bridgehead atoms. The lowest BCUT2D eigenvalue weighted by Crippen LogP contribution is -1.99. The fraction of sp³-hybridized carbons (Fsp3) is 0.389. The van der Waals surface area contributed by atoms with Crippen molar-refractivity contribution < 1.29 is 9.53 Å². The minimum absolute atomic E-state index is 0.287. The lowest BCUT2D eigenvalue weighted by atomic mass is 10.00. The van der Waals surface area contributed by atoms with Gasteiger partial charge in [-0.05, 0) is 51.2 Å². The predicted octanol–water partition coefficient (Wildman–Crippen LogP) is 4.66. The van der Waals surface area contributed by atoms with Crippen LogP contribution in [0.2, 0.25) is 0 Å². The van der Waals surface area contributed by atoms with Crippen molar-refractivity contribution in [3.63, 3.8) is 0 Å². The summed E-state index contributed by atoms with van der Waals surface area (Å²) in [5.74, 6) is -0.287. The van der Waals surface area contributed by atoms with Gasteiger partial charge in [0.2, 0.25) is 0 Å². The molecule has 0 unspecified atom stereocenters. The van der Waals surface area contributed by atoms with Crippen LogP contribution in [0.25, 0.3) is 0 Å². The van der Waals surface area contributed by atoms with Gasteiger partial charge in [0.1, 0.15) is 0 Å². The third-order valence-electron chi connectivity index (χ3n) is 2.93. The summed E-state index contributed by atoms with van der Waals surface area (Å²) in [7, 11) is 0. The van der Waals surface area contributed by atoms with E-state index in [9.17, 15) is 4.79 Å². The molecule has 0 spiro atoms. The first-order valence-electron chi connectivity index (χ1n) is 7.19. The molecule has 0 fully saturated rings. The van der Waals surface area contributed by atoms with Crippen molar-refractivity contribution in [3.05, 3.63) is 59.3 Å². The molecule has 108 valence electrons. The normalized spacial score (nSPS) is 18.9. The van der Waals surface area contributed by atoms with Crippen molar-refractivity contribution >= 4 is 5.97 Å². The summed E-state index contributed by atoms with van der Waals surface area (Å²) in [5, 5.41) is 0. The Balaban J connectivity index is 2.57. The SMILES string of the molecule is CCOC(=O)/C=C(C)/C=C/C=C(C)/C=C1/C=CCCC1. The first-order chi connectivity index (χ1) is 9.61. The quantitative estimate of drug-likeness (QED) is 0.413. The largest absolute Gasteiger partial charge is 0.463 e. The second-order valence-electron chi connectivity index (χ2n) is 4.92. The second kappa shape index (κ2) is 9.13. The van der Waals surface area contributed by atoms with E-state index in [1.54, 1.807) is 6.92 Å². The molecular weight excluding hydrogens is 248 g/mol. The van der Waals surface area contributed by atoms with Gasteiger partial charge in [0, 0.05) is 6.08 Å². The average Bonchev–Trinajstić information content (AvgIpc) is 2.39. The molecule has 0 radical (unpaired) electrons. The molecule has 0 aromatic heterocycles. The molecule has 0 heterocycles. The number of esters is 1. The Bertz CT molecular complexity index is 474. The number of rotatable bonds is 5. The van der Waals surface area contributed by atoms with Crippen LogP contribution in [-0.4, -0.2) is 12.6 Å². The molecule has 0 saturated heterocycles. The summed E-state index contributed by atoms with van der Waals surface area (Å²) in [6.45, 7) is 6.19. The zero-order valence-electron chi connectivity index (χ0n) is 12.7. The Morgan fingerprint density at radius 3 is 2.80 bits per heavy atom. The van der Waals surface area contributed by atoms with Crippen molar-refractivity contribution in [1.29, 1.82) is 0 Å². The van der Waals surface area contributed by atoms with Crippen LogP contribution in [0.3, 0.4) is 0 Å². The number of hydrogen-bond donors (Lipinski definition) is 0. The van der Waals surface area contributed by atoms with Crippen LogP contribution in [0.1, 0.15) is 40.0 Å². The molecule has 0 aliphatic heterocycles. The van der Waals surface area contributed by atoms with Crippen LogP contribution in [0, 0.1) is 0 Å². The zero-order chi connectivity index (χ0) is 14.8. The minimum Gasteiger partial charge on any atom is -0.463 e. The van der Waals surface area contributed by atoms with Gasteiger partial charge in [0.15, 0.2) is 0 Å². The minimum atomic E-state index is -0.287. The van der Waals surface area contributed by atoms with Gasteiger partial charge in [-0.15, -0.1) is 0 Å². The molecule has 1 rings (SSSR count). The Hall–Kier alpha value is -1.83. The van der Waals surface area contributed by atoms with Crippen LogP contribution < -0.4 is 0 Å². The van der Waals surface area contributed by atoms with Gasteiger partial charge in [-0.25, -0.2) is 4.79 Å². The standard InChI is InChI=1S/C18H24O2/c1-4-20-18(19)14-16(3)10-8-9-15(2)13-17-11-6-5-7-12-17/h6,8-11,13-14H,4-5,7,12H2,1-3H3/b10-8+,15-9+,16-14+,17-13-. The van der Waals surface area contributed by atoms with E-state index < -0.39 is 0 Å². The van der Waals surface area contributed by atoms with Crippen LogP contribution in [-0.2, 0) is 9.53 Å². The molecule has 0 aromatic rings. The van der Waals surface area contributed by atoms with E-state index in [0.29, 0.717) is 6.61 Å². The molecule has 0 saturated carbocycles. The first kappa shape index (κ1) is 16.2. The Kier molecular flexibility index (Phi) is 7.41. The number of ether oxygens (including phenoxy) is 1. The van der Waals surface area contributed by atoms with Gasteiger partial charge in [0.05, 0.1) is 6.61 Å². The van der Waals surface area contributed by atoms with Gasteiger partial charge in [-0.3, -0.25) is 0 Å². The van der Waals surface area contributed by atoms with Gasteiger partial charge in [-0.2, -0.15) is 0 Å². The average molecular weight is 272 g/mol. The maximum absolute atomic E-state index is 11.2. The molecule has 0 atom stereocenters. The molecule has 1 aliphatic rings. The highest BCUT2D eigenvalue weighted by molar-refractivity contribution is 5.83. The van der Waals surface area contributed by atoms with E-state index in [1.807, 2.05) is 19.1 Å². The van der Waals surface area contributed by atoms with Gasteiger partial charge in [-0.1, -0.05) is 42.0 Å². The van der Waals surface area contributed by atoms with Crippen molar-refractivity contribution in [2.24, 2.45) is 0 Å². The van der Waals surface area contributed by atoms with Gasteiger partial charge >= 0.3 is 5.97 Å². The van der Waals surface area contributed by atoms with E-state index in [0.717, 1.165) is 12.0 Å². The summed E-state index contributed by atoms with van der Waals surface area (Å²) in [6.07, 6.45) is 17.7. The van der Waals surface area contributed by atoms with Gasteiger partial charge < -0.3 is 4.74 Å². The molecule has 0 aromatic carbocycles. The van der Waals surface area contributed by atoms with Gasteiger partial charge in [0.25, 0.3) is 0 Å². The monoisotopic (exact) mass is 272 g/mol. The Morgan fingerprint density at radius 1 is 1.35 bits per heavy atom. The van der Waals surface area contributed by atoms with Crippen LogP contribution in [0.5, 0.6) is 0 Å². The van der Waals surface area contributed by atoms with E-state index in [4.69, 9.17) is 4.74 Å². The first-order valence-corrected chi connectivity index (χ1v) is 7.19. The third kappa shape index (κ3) is 6.93. The number of carbonyl (C=O) groups is 1. The number of hydrogen-bond acceptors (Lipinski definition) is 2. The smallest absolute Gasteiger partial charge is 0.330 e. The lowest BCUT2D eigenvalue weighted by Gasteiger charge is -2.06. The van der Waals surface area contributed by atoms with Crippen molar-refractivity contribution in [3.8, 4) is 0 Å². The van der Waals surface area contributed by atoms with E-state index >= 15 is 0 Å². The predicted molar refractivity (Wildman–Crippen MR) is 84.4 cm³/mol. The van der Waals surface area contributed by atoms with Crippen molar-refractivity contribution in [2.75, 3.05) is 6.61 Å². The highest BCUT2D eigenvalue weighted by atomic mass is 16.5. The summed E-state index contributed by atoms with van der Waals surface area (Å²) in [4.78, 5) is 11.2. The number of carbonyl (C=O) groups excluding carboxylic acids is 1. The molecule has 1 aliphatic carbocycles. The maximum atomic E-state index is 11.2. The van der Waals surface area contributed by atoms with Crippen molar-refractivity contribution in [1.82, 2.24) is 0 Å². The highest BCUT2D eigenvalue weighted by Gasteiger charge is 1.98. The Morgan fingerprint density at radius 2 is 2.15 bits per heavy atom. The fourth-order valence-corrected chi connectivity index (χ4v) is 1.97. The van der Waals surface area contributed by atoms with Crippen LogP contribution in [0.4, 0.5) is 0 Å². The highest BCUT2D eigenvalue weighted by Crippen LogP contribution is 2.17. The molecule has 20 heavy (non-hydrogen) atoms. The van der Waals surface area contributed by atoms with Crippen LogP contribution >= 0.6 is 0 Å².